The minimum absolute atomic E-state index is 0.00282. The number of phosphoric ester groups is 1. The fourth-order valence-electron chi connectivity index (χ4n) is 9.98. The zero-order valence-corrected chi connectivity index (χ0v) is 50.1. The average Bonchev–Trinajstić information content (AvgIpc) is 3.34. The number of allylic oxidation sites excluding steroid dienone is 1. The molecular weight excluding hydrogens is 912 g/mol. The Morgan fingerprint density at radius 3 is 1.04 bits per heavy atom. The molecule has 0 aliphatic rings. The van der Waals surface area contributed by atoms with Gasteiger partial charge in [0.05, 0.1) is 39.9 Å². The summed E-state index contributed by atoms with van der Waals surface area (Å²) in [5, 5.41) is 13.9. The molecule has 0 aromatic carbocycles. The zero-order valence-electron chi connectivity index (χ0n) is 49.2. The minimum Gasteiger partial charge on any atom is -0.756 e. The number of carbonyl (C=O) groups excluding carboxylic acids is 1. The Labute approximate surface area is 450 Å². The number of aliphatic hydroxyl groups is 1. The summed E-state index contributed by atoms with van der Waals surface area (Å²) >= 11 is 0. The third kappa shape index (κ3) is 57.0. The molecule has 0 saturated carbocycles. The largest absolute Gasteiger partial charge is 0.756 e. The van der Waals surface area contributed by atoms with Crippen molar-refractivity contribution < 1.29 is 32.9 Å². The third-order valence-corrected chi connectivity index (χ3v) is 16.0. The fraction of sp³-hybridized carbons (Fsp3) is 0.952. The molecule has 72 heavy (non-hydrogen) atoms. The Morgan fingerprint density at radius 1 is 0.472 bits per heavy atom. The molecular formula is C63H127N2O6P. The Kier molecular flexibility index (Phi) is 54.4. The van der Waals surface area contributed by atoms with Crippen LogP contribution in [0.15, 0.2) is 12.2 Å². The molecule has 2 N–H and O–H groups in total. The average molecular weight is 1040 g/mol. The maximum Gasteiger partial charge on any atom is 0.268 e. The number of carbonyl (C=O) groups is 1. The summed E-state index contributed by atoms with van der Waals surface area (Å²) in [6.07, 6.45) is 68.8. The van der Waals surface area contributed by atoms with E-state index in [9.17, 15) is 19.4 Å². The first-order valence-electron chi connectivity index (χ1n) is 32.1. The van der Waals surface area contributed by atoms with Crippen molar-refractivity contribution in [3.63, 3.8) is 0 Å². The number of hydrogen-bond donors (Lipinski definition) is 2. The van der Waals surface area contributed by atoms with Crippen LogP contribution in [0.3, 0.4) is 0 Å². The van der Waals surface area contributed by atoms with Crippen molar-refractivity contribution in [2.75, 3.05) is 40.9 Å². The van der Waals surface area contributed by atoms with Crippen LogP contribution in [0.1, 0.15) is 335 Å². The Morgan fingerprint density at radius 2 is 0.750 bits per heavy atom. The van der Waals surface area contributed by atoms with E-state index in [0.717, 1.165) is 38.5 Å². The molecule has 0 aromatic rings. The van der Waals surface area contributed by atoms with Crippen molar-refractivity contribution in [1.29, 1.82) is 0 Å². The van der Waals surface area contributed by atoms with E-state index in [0.29, 0.717) is 17.4 Å². The number of aliphatic hydroxyl groups excluding tert-OH is 1. The number of phosphoric acid groups is 1. The van der Waals surface area contributed by atoms with Gasteiger partial charge in [-0.25, -0.2) is 0 Å². The van der Waals surface area contributed by atoms with Crippen LogP contribution >= 0.6 is 7.82 Å². The Hall–Kier alpha value is -0.760. The SMILES string of the molecule is CCCCCCCCCCCCCCCCCCCCCCCCCCCCCCC/C=C/C(O)C(COP(=O)([O-])OCC[N+](C)(C)C)NC(=O)CCCCCCCCCCCCCCCCCCCCC. The second-order valence-electron chi connectivity index (χ2n) is 23.5. The standard InChI is InChI=1S/C63H127N2O6P/c1-6-8-10-12-14-16-18-20-22-24-26-27-28-29-30-31-32-33-34-35-36-37-39-40-42-44-46-48-50-52-54-56-62(66)61(60-71-72(68,69)70-59-58-65(3,4)5)64-63(67)57-55-53-51-49-47-45-43-41-38-25-23-21-19-17-15-13-11-9-7-2/h54,56,61-62,66H,6-53,55,57-60H2,1-5H3,(H-,64,67,68,69)/b56-54+. The Bertz CT molecular complexity index is 1180. The van der Waals surface area contributed by atoms with E-state index >= 15 is 0 Å². The number of unbranched alkanes of at least 4 members (excludes halogenated alkanes) is 47. The highest BCUT2D eigenvalue weighted by Crippen LogP contribution is 2.38. The number of rotatable bonds is 60. The van der Waals surface area contributed by atoms with Crippen LogP contribution in [-0.4, -0.2) is 68.5 Å². The van der Waals surface area contributed by atoms with Gasteiger partial charge in [-0.05, 0) is 19.3 Å². The normalized spacial score (nSPS) is 13.8. The summed E-state index contributed by atoms with van der Waals surface area (Å²) in [4.78, 5) is 25.5. The molecule has 0 saturated heterocycles. The molecule has 0 aromatic heterocycles. The summed E-state index contributed by atoms with van der Waals surface area (Å²) in [6.45, 7) is 4.71. The van der Waals surface area contributed by atoms with E-state index in [1.165, 1.54) is 276 Å². The monoisotopic (exact) mass is 1040 g/mol. The van der Waals surface area contributed by atoms with Gasteiger partial charge in [0, 0.05) is 6.42 Å². The molecule has 1 amide bonds. The summed E-state index contributed by atoms with van der Waals surface area (Å²) in [5.41, 5.74) is 0. The van der Waals surface area contributed by atoms with Gasteiger partial charge in [0.25, 0.3) is 7.82 Å². The van der Waals surface area contributed by atoms with Gasteiger partial charge in [0.15, 0.2) is 0 Å². The highest BCUT2D eigenvalue weighted by molar-refractivity contribution is 7.45. The van der Waals surface area contributed by atoms with Crippen LogP contribution in [0, 0.1) is 0 Å². The first-order valence-corrected chi connectivity index (χ1v) is 33.5. The third-order valence-electron chi connectivity index (χ3n) is 15.0. The van der Waals surface area contributed by atoms with E-state index in [1.807, 2.05) is 27.2 Å². The van der Waals surface area contributed by atoms with Crippen LogP contribution in [0.2, 0.25) is 0 Å². The van der Waals surface area contributed by atoms with Crippen LogP contribution in [-0.2, 0) is 18.4 Å². The van der Waals surface area contributed by atoms with Gasteiger partial charge in [0.2, 0.25) is 5.91 Å². The maximum absolute atomic E-state index is 13.0. The van der Waals surface area contributed by atoms with Gasteiger partial charge in [-0.2, -0.15) is 0 Å². The number of quaternary nitrogens is 1. The van der Waals surface area contributed by atoms with Crippen LogP contribution in [0.5, 0.6) is 0 Å². The van der Waals surface area contributed by atoms with Crippen LogP contribution < -0.4 is 10.2 Å². The minimum atomic E-state index is -4.59. The predicted octanol–water partition coefficient (Wildman–Crippen LogP) is 19.1. The molecule has 0 bridgehead atoms. The Balaban J connectivity index is 4.06. The summed E-state index contributed by atoms with van der Waals surface area (Å²) < 4.78 is 23.4. The molecule has 9 heteroatoms. The van der Waals surface area contributed by atoms with Gasteiger partial charge in [0.1, 0.15) is 13.2 Å². The molecule has 3 unspecified atom stereocenters. The van der Waals surface area contributed by atoms with Crippen LogP contribution in [0.4, 0.5) is 0 Å². The molecule has 0 radical (unpaired) electrons. The molecule has 8 nitrogen and oxygen atoms in total. The lowest BCUT2D eigenvalue weighted by Crippen LogP contribution is -2.45. The molecule has 0 spiro atoms. The van der Waals surface area contributed by atoms with Crippen LogP contribution in [0.25, 0.3) is 0 Å². The van der Waals surface area contributed by atoms with Gasteiger partial charge >= 0.3 is 0 Å². The lowest BCUT2D eigenvalue weighted by atomic mass is 10.0. The highest BCUT2D eigenvalue weighted by Gasteiger charge is 2.23. The van der Waals surface area contributed by atoms with Gasteiger partial charge in [-0.1, -0.05) is 321 Å². The van der Waals surface area contributed by atoms with E-state index in [1.54, 1.807) is 6.08 Å². The van der Waals surface area contributed by atoms with Gasteiger partial charge < -0.3 is 28.8 Å². The highest BCUT2D eigenvalue weighted by atomic mass is 31.2. The van der Waals surface area contributed by atoms with E-state index in [4.69, 9.17) is 9.05 Å². The van der Waals surface area contributed by atoms with E-state index < -0.39 is 20.0 Å². The molecule has 0 aliphatic carbocycles. The van der Waals surface area contributed by atoms with Gasteiger partial charge in [-0.15, -0.1) is 0 Å². The number of hydrogen-bond acceptors (Lipinski definition) is 6. The van der Waals surface area contributed by atoms with Crippen molar-refractivity contribution in [3.05, 3.63) is 12.2 Å². The molecule has 430 valence electrons. The van der Waals surface area contributed by atoms with Crippen molar-refractivity contribution in [2.45, 2.75) is 347 Å². The number of likely N-dealkylation sites (N-methyl/N-ethyl adjacent to an activating group) is 1. The molecule has 3 atom stereocenters. The van der Waals surface area contributed by atoms with Crippen molar-refractivity contribution in [3.8, 4) is 0 Å². The molecule has 0 fully saturated rings. The summed E-state index contributed by atoms with van der Waals surface area (Å²) in [7, 11) is 1.28. The van der Waals surface area contributed by atoms with E-state index in [2.05, 4.69) is 19.2 Å². The summed E-state index contributed by atoms with van der Waals surface area (Å²) in [6, 6.07) is -0.883. The first-order chi connectivity index (χ1) is 35.0. The lowest BCUT2D eigenvalue weighted by molar-refractivity contribution is -0.870. The topological polar surface area (TPSA) is 108 Å². The molecule has 0 heterocycles. The van der Waals surface area contributed by atoms with Crippen molar-refractivity contribution in [1.82, 2.24) is 5.32 Å². The quantitative estimate of drug-likeness (QED) is 0.0272. The first kappa shape index (κ1) is 71.2. The maximum atomic E-state index is 13.0. The number of amides is 1. The van der Waals surface area contributed by atoms with E-state index in [-0.39, 0.29) is 19.1 Å². The lowest BCUT2D eigenvalue weighted by Gasteiger charge is -2.29. The number of nitrogens with zero attached hydrogens (tertiary/aromatic N) is 1. The fourth-order valence-corrected chi connectivity index (χ4v) is 10.7. The zero-order chi connectivity index (χ0) is 52.7. The van der Waals surface area contributed by atoms with Crippen molar-refractivity contribution in [2.24, 2.45) is 0 Å². The number of nitrogens with one attached hydrogen (secondary N) is 1. The van der Waals surface area contributed by atoms with Gasteiger partial charge in [-0.3, -0.25) is 9.36 Å². The predicted molar refractivity (Wildman–Crippen MR) is 312 cm³/mol. The van der Waals surface area contributed by atoms with Crippen molar-refractivity contribution >= 4 is 13.7 Å². The molecule has 0 rings (SSSR count). The molecule has 0 aliphatic heterocycles. The second kappa shape index (κ2) is 55.0. The second-order valence-corrected chi connectivity index (χ2v) is 24.9. The smallest absolute Gasteiger partial charge is 0.268 e. The summed E-state index contributed by atoms with van der Waals surface area (Å²) in [5.74, 6) is -0.189.